The topological polar surface area (TPSA) is 69.6 Å². The van der Waals surface area contributed by atoms with Crippen molar-refractivity contribution in [2.75, 3.05) is 13.2 Å². The van der Waals surface area contributed by atoms with Gasteiger partial charge in [0.25, 0.3) is 5.91 Å². The first-order valence-electron chi connectivity index (χ1n) is 5.96. The number of hydrogen-bond acceptors (Lipinski definition) is 3. The summed E-state index contributed by atoms with van der Waals surface area (Å²) >= 11 is 0. The number of aromatic hydroxyl groups is 1. The minimum atomic E-state index is -0.747. The van der Waals surface area contributed by atoms with Crippen LogP contribution >= 0.6 is 0 Å². The molecule has 1 aromatic rings. The van der Waals surface area contributed by atoms with Gasteiger partial charge in [-0.2, -0.15) is 0 Å². The maximum Gasteiger partial charge on any atom is 0.258 e. The van der Waals surface area contributed by atoms with Crippen molar-refractivity contribution < 1.29 is 19.4 Å². The van der Waals surface area contributed by atoms with E-state index in [1.807, 2.05) is 6.92 Å². The maximum atomic E-state index is 13.4. The number of benzene rings is 1. The van der Waals surface area contributed by atoms with E-state index in [9.17, 15) is 14.3 Å². The lowest BCUT2D eigenvalue weighted by atomic mass is 10.0. The Morgan fingerprint density at radius 1 is 1.50 bits per heavy atom. The van der Waals surface area contributed by atoms with Crippen LogP contribution in [0.25, 0.3) is 0 Å². The highest BCUT2D eigenvalue weighted by Crippen LogP contribution is 2.19. The standard InChI is InChI=1S/C13H18FNO3/c1-2-9(6-7-16)8-15-13(18)12-10(14)4-3-5-11(12)17/h3-5,9,16-17H,2,6-8H2,1H3,(H,15,18). The Hall–Kier alpha value is -1.62. The van der Waals surface area contributed by atoms with Crippen molar-refractivity contribution in [2.24, 2.45) is 5.92 Å². The van der Waals surface area contributed by atoms with Crippen molar-refractivity contribution >= 4 is 5.91 Å². The number of carbonyl (C=O) groups excluding carboxylic acids is 1. The highest BCUT2D eigenvalue weighted by molar-refractivity contribution is 5.97. The van der Waals surface area contributed by atoms with Gasteiger partial charge in [0, 0.05) is 13.2 Å². The molecule has 1 atom stereocenters. The lowest BCUT2D eigenvalue weighted by Gasteiger charge is -2.14. The van der Waals surface area contributed by atoms with E-state index in [1.54, 1.807) is 0 Å². The number of aliphatic hydroxyl groups is 1. The summed E-state index contributed by atoms with van der Waals surface area (Å²) < 4.78 is 13.4. The molecule has 1 amide bonds. The highest BCUT2D eigenvalue weighted by atomic mass is 19.1. The fourth-order valence-corrected chi connectivity index (χ4v) is 1.70. The molecule has 0 bridgehead atoms. The molecule has 1 rings (SSSR count). The third kappa shape index (κ3) is 3.70. The summed E-state index contributed by atoms with van der Waals surface area (Å²) in [5.41, 5.74) is -0.337. The molecule has 0 fully saturated rings. The highest BCUT2D eigenvalue weighted by Gasteiger charge is 2.17. The second-order valence-electron chi connectivity index (χ2n) is 4.13. The number of aliphatic hydroxyl groups excluding tert-OH is 1. The molecule has 0 aromatic heterocycles. The normalized spacial score (nSPS) is 12.2. The van der Waals surface area contributed by atoms with Crippen LogP contribution < -0.4 is 5.32 Å². The first-order valence-corrected chi connectivity index (χ1v) is 5.96. The van der Waals surface area contributed by atoms with Gasteiger partial charge in [0.15, 0.2) is 0 Å². The zero-order chi connectivity index (χ0) is 13.5. The lowest BCUT2D eigenvalue weighted by molar-refractivity contribution is 0.0936. The molecule has 0 aliphatic carbocycles. The third-order valence-corrected chi connectivity index (χ3v) is 2.88. The van der Waals surface area contributed by atoms with Crippen molar-refractivity contribution in [3.05, 3.63) is 29.6 Å². The molecule has 5 heteroatoms. The van der Waals surface area contributed by atoms with Gasteiger partial charge in [-0.05, 0) is 24.5 Å². The fraction of sp³-hybridized carbons (Fsp3) is 0.462. The molecule has 1 aromatic carbocycles. The first kappa shape index (κ1) is 14.4. The SMILES string of the molecule is CCC(CCO)CNC(=O)c1c(O)cccc1F. The van der Waals surface area contributed by atoms with E-state index in [4.69, 9.17) is 5.11 Å². The van der Waals surface area contributed by atoms with Crippen molar-refractivity contribution in [3.8, 4) is 5.75 Å². The number of amides is 1. The molecule has 0 radical (unpaired) electrons. The molecule has 0 saturated heterocycles. The third-order valence-electron chi connectivity index (χ3n) is 2.88. The minimum absolute atomic E-state index is 0.0549. The molecule has 3 N–H and O–H groups in total. The van der Waals surface area contributed by atoms with Crippen LogP contribution in [0.5, 0.6) is 5.75 Å². The summed E-state index contributed by atoms with van der Waals surface area (Å²) in [6.07, 6.45) is 1.39. The summed E-state index contributed by atoms with van der Waals surface area (Å²) in [6.45, 7) is 2.36. The number of hydrogen-bond donors (Lipinski definition) is 3. The molecule has 0 aliphatic heterocycles. The Morgan fingerprint density at radius 3 is 2.78 bits per heavy atom. The van der Waals surface area contributed by atoms with Gasteiger partial charge < -0.3 is 15.5 Å². The van der Waals surface area contributed by atoms with E-state index in [-0.39, 0.29) is 23.8 Å². The van der Waals surface area contributed by atoms with E-state index >= 15 is 0 Å². The fourth-order valence-electron chi connectivity index (χ4n) is 1.70. The largest absolute Gasteiger partial charge is 0.507 e. The summed E-state index contributed by atoms with van der Waals surface area (Å²) in [5.74, 6) is -1.61. The van der Waals surface area contributed by atoms with Gasteiger partial charge in [-0.1, -0.05) is 19.4 Å². The summed E-state index contributed by atoms with van der Waals surface area (Å²) in [5, 5.41) is 20.8. The van der Waals surface area contributed by atoms with E-state index < -0.39 is 11.7 Å². The van der Waals surface area contributed by atoms with Gasteiger partial charge in [-0.3, -0.25) is 4.79 Å². The van der Waals surface area contributed by atoms with E-state index in [2.05, 4.69) is 5.32 Å². The molecule has 18 heavy (non-hydrogen) atoms. The van der Waals surface area contributed by atoms with Gasteiger partial charge in [0.2, 0.25) is 0 Å². The van der Waals surface area contributed by atoms with Crippen molar-refractivity contribution in [3.63, 3.8) is 0 Å². The molecule has 100 valence electrons. The summed E-state index contributed by atoms with van der Waals surface area (Å²) in [7, 11) is 0. The second kappa shape index (κ2) is 6.96. The average Bonchev–Trinajstić information content (AvgIpc) is 2.34. The Bertz CT molecular complexity index is 389. The van der Waals surface area contributed by atoms with E-state index in [1.165, 1.54) is 12.1 Å². The molecule has 0 saturated carbocycles. The predicted molar refractivity (Wildman–Crippen MR) is 65.9 cm³/mol. The van der Waals surface area contributed by atoms with Crippen LogP contribution in [0.2, 0.25) is 0 Å². The number of phenols is 1. The summed E-state index contributed by atoms with van der Waals surface area (Å²) in [4.78, 5) is 11.7. The first-order chi connectivity index (χ1) is 8.60. The molecule has 1 unspecified atom stereocenters. The monoisotopic (exact) mass is 255 g/mol. The smallest absolute Gasteiger partial charge is 0.258 e. The Morgan fingerprint density at radius 2 is 2.22 bits per heavy atom. The van der Waals surface area contributed by atoms with E-state index in [0.717, 1.165) is 12.5 Å². The van der Waals surface area contributed by atoms with Crippen LogP contribution in [0.1, 0.15) is 30.1 Å². The zero-order valence-electron chi connectivity index (χ0n) is 10.3. The van der Waals surface area contributed by atoms with Crippen LogP contribution in [-0.2, 0) is 0 Å². The minimum Gasteiger partial charge on any atom is -0.507 e. The Balaban J connectivity index is 2.65. The van der Waals surface area contributed by atoms with Gasteiger partial charge in [0.05, 0.1) is 0 Å². The number of rotatable bonds is 6. The summed E-state index contributed by atoms with van der Waals surface area (Å²) in [6, 6.07) is 3.73. The Labute approximate surface area is 105 Å². The molecule has 0 spiro atoms. The number of nitrogens with one attached hydrogen (secondary N) is 1. The van der Waals surface area contributed by atoms with Crippen LogP contribution in [0, 0.1) is 11.7 Å². The Kier molecular flexibility index (Phi) is 5.58. The predicted octanol–water partition coefficient (Wildman–Crippen LogP) is 1.67. The van der Waals surface area contributed by atoms with Crippen molar-refractivity contribution in [2.45, 2.75) is 19.8 Å². The van der Waals surface area contributed by atoms with Crippen LogP contribution in [0.3, 0.4) is 0 Å². The van der Waals surface area contributed by atoms with Crippen LogP contribution in [-0.4, -0.2) is 29.3 Å². The van der Waals surface area contributed by atoms with Gasteiger partial charge in [-0.25, -0.2) is 4.39 Å². The number of halogens is 1. The van der Waals surface area contributed by atoms with Gasteiger partial charge >= 0.3 is 0 Å². The van der Waals surface area contributed by atoms with Crippen LogP contribution in [0.4, 0.5) is 4.39 Å². The van der Waals surface area contributed by atoms with Crippen molar-refractivity contribution in [1.29, 1.82) is 0 Å². The molecular weight excluding hydrogens is 237 g/mol. The second-order valence-corrected chi connectivity index (χ2v) is 4.13. The lowest BCUT2D eigenvalue weighted by Crippen LogP contribution is -2.30. The number of carbonyl (C=O) groups is 1. The van der Waals surface area contributed by atoms with Gasteiger partial charge in [-0.15, -0.1) is 0 Å². The molecular formula is C13H18FNO3. The zero-order valence-corrected chi connectivity index (χ0v) is 10.3. The average molecular weight is 255 g/mol. The van der Waals surface area contributed by atoms with Crippen molar-refractivity contribution in [1.82, 2.24) is 5.32 Å². The van der Waals surface area contributed by atoms with E-state index in [0.29, 0.717) is 13.0 Å². The molecule has 0 aliphatic rings. The number of phenolic OH excluding ortho intramolecular Hbond substituents is 1. The van der Waals surface area contributed by atoms with Crippen LogP contribution in [0.15, 0.2) is 18.2 Å². The molecule has 4 nitrogen and oxygen atoms in total. The quantitative estimate of drug-likeness (QED) is 0.724. The molecule has 0 heterocycles. The maximum absolute atomic E-state index is 13.4. The van der Waals surface area contributed by atoms with Gasteiger partial charge in [0.1, 0.15) is 17.1 Å².